The predicted octanol–water partition coefficient (Wildman–Crippen LogP) is 3.44. The highest BCUT2D eigenvalue weighted by Gasteiger charge is 2.09. The first-order chi connectivity index (χ1) is 9.33. The lowest BCUT2D eigenvalue weighted by Gasteiger charge is -2.07. The van der Waals surface area contributed by atoms with Crippen molar-refractivity contribution < 1.29 is 0 Å². The summed E-state index contributed by atoms with van der Waals surface area (Å²) in [5, 5.41) is 8.47. The van der Waals surface area contributed by atoms with Crippen molar-refractivity contribution in [3.8, 4) is 0 Å². The van der Waals surface area contributed by atoms with Crippen LogP contribution in [0.4, 0.5) is 0 Å². The monoisotopic (exact) mass is 266 g/mol. The topological polar surface area (TPSA) is 56.7 Å². The first-order valence-electron chi connectivity index (χ1n) is 7.94. The quantitative estimate of drug-likeness (QED) is 0.624. The molecular formula is C15H30N4. The van der Waals surface area contributed by atoms with Crippen LogP contribution in [0.3, 0.4) is 0 Å². The summed E-state index contributed by atoms with van der Waals surface area (Å²) in [6.45, 7) is 5.92. The summed E-state index contributed by atoms with van der Waals surface area (Å²) in [6.07, 6.45) is 11.5. The maximum absolute atomic E-state index is 5.69. The number of rotatable bonds is 11. The molecule has 0 aliphatic carbocycles. The van der Waals surface area contributed by atoms with E-state index >= 15 is 0 Å². The lowest BCUT2D eigenvalue weighted by Crippen LogP contribution is -2.11. The summed E-state index contributed by atoms with van der Waals surface area (Å²) in [5.74, 6) is 2.05. The van der Waals surface area contributed by atoms with Crippen LogP contribution >= 0.6 is 0 Å². The van der Waals surface area contributed by atoms with Gasteiger partial charge in [0, 0.05) is 13.0 Å². The molecule has 0 fully saturated rings. The molecule has 0 bridgehead atoms. The zero-order chi connectivity index (χ0) is 13.9. The molecule has 0 aliphatic rings. The lowest BCUT2D eigenvalue weighted by atomic mass is 10.1. The molecule has 0 spiro atoms. The molecule has 0 unspecified atom stereocenters. The van der Waals surface area contributed by atoms with Crippen molar-refractivity contribution in [1.29, 1.82) is 0 Å². The minimum Gasteiger partial charge on any atom is -0.324 e. The van der Waals surface area contributed by atoms with Gasteiger partial charge in [0.25, 0.3) is 0 Å². The Morgan fingerprint density at radius 3 is 2.11 bits per heavy atom. The Labute approximate surface area is 117 Å². The molecule has 1 heterocycles. The number of hydrogen-bond donors (Lipinski definition) is 1. The second-order valence-electron chi connectivity index (χ2n) is 5.26. The van der Waals surface area contributed by atoms with E-state index in [1.807, 2.05) is 0 Å². The predicted molar refractivity (Wildman–Crippen MR) is 79.9 cm³/mol. The van der Waals surface area contributed by atoms with E-state index < -0.39 is 0 Å². The van der Waals surface area contributed by atoms with Crippen molar-refractivity contribution in [2.45, 2.75) is 84.7 Å². The van der Waals surface area contributed by atoms with Crippen molar-refractivity contribution in [2.24, 2.45) is 5.73 Å². The van der Waals surface area contributed by atoms with E-state index in [0.717, 1.165) is 31.0 Å². The molecule has 19 heavy (non-hydrogen) atoms. The van der Waals surface area contributed by atoms with Crippen LogP contribution in [0.25, 0.3) is 0 Å². The van der Waals surface area contributed by atoms with E-state index in [-0.39, 0.29) is 0 Å². The molecule has 1 aromatic heterocycles. The molecular weight excluding hydrogens is 236 g/mol. The van der Waals surface area contributed by atoms with E-state index in [4.69, 9.17) is 5.73 Å². The molecule has 4 heteroatoms. The number of hydrogen-bond acceptors (Lipinski definition) is 3. The van der Waals surface area contributed by atoms with Gasteiger partial charge >= 0.3 is 0 Å². The third kappa shape index (κ3) is 5.72. The van der Waals surface area contributed by atoms with Crippen LogP contribution in [-0.2, 0) is 19.5 Å². The average Bonchev–Trinajstić information content (AvgIpc) is 2.81. The summed E-state index contributed by atoms with van der Waals surface area (Å²) in [6, 6.07) is 0. The van der Waals surface area contributed by atoms with Gasteiger partial charge in [-0.1, -0.05) is 52.4 Å². The summed E-state index contributed by atoms with van der Waals surface area (Å²) in [5.41, 5.74) is 5.69. The second-order valence-corrected chi connectivity index (χ2v) is 5.26. The standard InChI is InChI=1S/C15H30N4/c1-3-5-6-7-8-9-10-11-14-17-18-15(13-16)19(14)12-4-2/h3-13,16H2,1-2H3. The summed E-state index contributed by atoms with van der Waals surface area (Å²) < 4.78 is 2.21. The fourth-order valence-electron chi connectivity index (χ4n) is 2.43. The minimum atomic E-state index is 0.490. The first-order valence-corrected chi connectivity index (χ1v) is 7.94. The van der Waals surface area contributed by atoms with Gasteiger partial charge in [-0.3, -0.25) is 0 Å². The van der Waals surface area contributed by atoms with Gasteiger partial charge in [-0.15, -0.1) is 10.2 Å². The fourth-order valence-corrected chi connectivity index (χ4v) is 2.43. The Kier molecular flexibility index (Phi) is 8.47. The molecule has 1 aromatic rings. The molecule has 2 N–H and O–H groups in total. The van der Waals surface area contributed by atoms with E-state index in [0.29, 0.717) is 6.54 Å². The fraction of sp³-hybridized carbons (Fsp3) is 0.867. The van der Waals surface area contributed by atoms with Crippen molar-refractivity contribution in [3.05, 3.63) is 11.6 Å². The third-order valence-electron chi connectivity index (χ3n) is 3.54. The Morgan fingerprint density at radius 2 is 1.47 bits per heavy atom. The van der Waals surface area contributed by atoms with Crippen molar-refractivity contribution in [1.82, 2.24) is 14.8 Å². The van der Waals surface area contributed by atoms with E-state index in [1.165, 1.54) is 44.9 Å². The van der Waals surface area contributed by atoms with E-state index in [9.17, 15) is 0 Å². The highest BCUT2D eigenvalue weighted by Crippen LogP contribution is 2.11. The smallest absolute Gasteiger partial charge is 0.146 e. The van der Waals surface area contributed by atoms with Crippen molar-refractivity contribution in [2.75, 3.05) is 0 Å². The van der Waals surface area contributed by atoms with E-state index in [1.54, 1.807) is 0 Å². The molecule has 110 valence electrons. The van der Waals surface area contributed by atoms with E-state index in [2.05, 4.69) is 28.6 Å². The summed E-state index contributed by atoms with van der Waals surface area (Å²) in [7, 11) is 0. The molecule has 0 radical (unpaired) electrons. The van der Waals surface area contributed by atoms with Crippen LogP contribution < -0.4 is 5.73 Å². The average molecular weight is 266 g/mol. The molecule has 0 saturated carbocycles. The molecule has 0 aliphatic heterocycles. The zero-order valence-corrected chi connectivity index (χ0v) is 12.7. The highest BCUT2D eigenvalue weighted by molar-refractivity contribution is 4.95. The van der Waals surface area contributed by atoms with Crippen LogP contribution in [0.5, 0.6) is 0 Å². The van der Waals surface area contributed by atoms with Gasteiger partial charge in [0.05, 0.1) is 6.54 Å². The maximum atomic E-state index is 5.69. The number of aryl methyl sites for hydroxylation is 1. The molecule has 4 nitrogen and oxygen atoms in total. The zero-order valence-electron chi connectivity index (χ0n) is 12.7. The van der Waals surface area contributed by atoms with Crippen molar-refractivity contribution in [3.63, 3.8) is 0 Å². The Balaban J connectivity index is 2.26. The summed E-state index contributed by atoms with van der Waals surface area (Å²) in [4.78, 5) is 0. The molecule has 0 aromatic carbocycles. The second kappa shape index (κ2) is 9.96. The van der Waals surface area contributed by atoms with Gasteiger partial charge in [-0.25, -0.2) is 0 Å². The number of aromatic nitrogens is 3. The van der Waals surface area contributed by atoms with Crippen LogP contribution in [0, 0.1) is 0 Å². The third-order valence-corrected chi connectivity index (χ3v) is 3.54. The largest absolute Gasteiger partial charge is 0.324 e. The number of nitrogens with zero attached hydrogens (tertiary/aromatic N) is 3. The van der Waals surface area contributed by atoms with Crippen LogP contribution in [0.1, 0.15) is 76.9 Å². The van der Waals surface area contributed by atoms with Gasteiger partial charge in [-0.2, -0.15) is 0 Å². The Hall–Kier alpha value is -0.900. The lowest BCUT2D eigenvalue weighted by molar-refractivity contribution is 0.562. The molecule has 0 atom stereocenters. The van der Waals surface area contributed by atoms with Gasteiger partial charge in [0.1, 0.15) is 11.6 Å². The Morgan fingerprint density at radius 1 is 0.842 bits per heavy atom. The molecule has 0 saturated heterocycles. The number of nitrogens with two attached hydrogens (primary N) is 1. The van der Waals surface area contributed by atoms with Gasteiger partial charge < -0.3 is 10.3 Å². The van der Waals surface area contributed by atoms with Crippen LogP contribution in [0.15, 0.2) is 0 Å². The van der Waals surface area contributed by atoms with Gasteiger partial charge in [0.15, 0.2) is 0 Å². The van der Waals surface area contributed by atoms with Gasteiger partial charge in [-0.05, 0) is 12.8 Å². The molecule has 1 rings (SSSR count). The maximum Gasteiger partial charge on any atom is 0.146 e. The Bertz CT molecular complexity index is 333. The number of unbranched alkanes of at least 4 members (excludes halogenated alkanes) is 6. The van der Waals surface area contributed by atoms with Crippen molar-refractivity contribution >= 4 is 0 Å². The summed E-state index contributed by atoms with van der Waals surface area (Å²) >= 11 is 0. The SMILES string of the molecule is CCCCCCCCCc1nnc(CN)n1CCC. The minimum absolute atomic E-state index is 0.490. The normalized spacial score (nSPS) is 11.1. The first kappa shape index (κ1) is 16.2. The van der Waals surface area contributed by atoms with Crippen LogP contribution in [0.2, 0.25) is 0 Å². The molecule has 0 amide bonds. The van der Waals surface area contributed by atoms with Gasteiger partial charge in [0.2, 0.25) is 0 Å². The highest BCUT2D eigenvalue weighted by atomic mass is 15.3. The van der Waals surface area contributed by atoms with Crippen LogP contribution in [-0.4, -0.2) is 14.8 Å².